The van der Waals surface area contributed by atoms with Crippen LogP contribution in [0.3, 0.4) is 0 Å². The van der Waals surface area contributed by atoms with E-state index in [4.69, 9.17) is 0 Å². The van der Waals surface area contributed by atoms with E-state index in [-0.39, 0.29) is 0 Å². The van der Waals surface area contributed by atoms with E-state index in [1.807, 2.05) is 0 Å². The number of hydrogen-bond donors (Lipinski definition) is 0. The Morgan fingerprint density at radius 3 is 2.17 bits per heavy atom. The van der Waals surface area contributed by atoms with Crippen LogP contribution in [0.2, 0.25) is 0 Å². The molecule has 0 aliphatic heterocycles. The van der Waals surface area contributed by atoms with Crippen LogP contribution in [-0.2, 0) is 0 Å². The van der Waals surface area contributed by atoms with Crippen molar-refractivity contribution in [3.63, 3.8) is 0 Å². The predicted molar refractivity (Wildman–Crippen MR) is 41.4 cm³/mol. The molecule has 0 N–H and O–H groups in total. The van der Waals surface area contributed by atoms with E-state index in [9.17, 15) is 13.2 Å². The van der Waals surface area contributed by atoms with Crippen LogP contribution in [0, 0.1) is 3.83 Å². The molecule has 0 bridgehead atoms. The van der Waals surface area contributed by atoms with E-state index in [2.05, 4.69) is 14.7 Å². The van der Waals surface area contributed by atoms with Crippen molar-refractivity contribution in [1.82, 2.24) is 9.97 Å². The van der Waals surface area contributed by atoms with Gasteiger partial charge in [-0.3, -0.25) is 0 Å². The number of ether oxygens (including phenoxy) is 1. The molecule has 0 fully saturated rings. The summed E-state index contributed by atoms with van der Waals surface area (Å²) in [6.07, 6.45) is -2.76. The number of nitrogens with zero attached hydrogens (tertiary/aromatic N) is 2. The molecule has 7 heteroatoms. The Kier molecular flexibility index (Phi) is 2.70. The molecule has 0 amide bonds. The summed E-state index contributed by atoms with van der Waals surface area (Å²) in [5, 5.41) is 0. The summed E-state index contributed by atoms with van der Waals surface area (Å²) in [7, 11) is 0. The Labute approximate surface area is 79.1 Å². The van der Waals surface area contributed by atoms with Gasteiger partial charge in [0.1, 0.15) is 0 Å². The molecule has 0 saturated heterocycles. The van der Waals surface area contributed by atoms with Crippen molar-refractivity contribution in [2.75, 3.05) is 0 Å². The first-order valence-corrected chi connectivity index (χ1v) is 3.78. The van der Waals surface area contributed by atoms with Crippen molar-refractivity contribution in [2.24, 2.45) is 0 Å². The van der Waals surface area contributed by atoms with E-state index < -0.39 is 12.1 Å². The predicted octanol–water partition coefficient (Wildman–Crippen LogP) is 1.98. The first-order valence-electron chi connectivity index (χ1n) is 2.71. The number of hydrogen-bond acceptors (Lipinski definition) is 3. The molecule has 1 aromatic rings. The maximum atomic E-state index is 11.6. The summed E-state index contributed by atoms with van der Waals surface area (Å²) in [6.45, 7) is 0. The molecule has 1 heterocycles. The monoisotopic (exact) mass is 290 g/mol. The molecule has 0 saturated carbocycles. The lowest BCUT2D eigenvalue weighted by Crippen LogP contribution is -2.17. The van der Waals surface area contributed by atoms with Gasteiger partial charge in [0.25, 0.3) is 0 Å². The van der Waals surface area contributed by atoms with Crippen LogP contribution in [0.15, 0.2) is 12.4 Å². The Balaban J connectivity index is 2.71. The highest BCUT2D eigenvalue weighted by molar-refractivity contribution is 14.1. The Morgan fingerprint density at radius 1 is 1.25 bits per heavy atom. The molecule has 0 aliphatic carbocycles. The topological polar surface area (TPSA) is 35.0 Å². The van der Waals surface area contributed by atoms with Crippen LogP contribution in [0.1, 0.15) is 0 Å². The molecule has 0 atom stereocenters. The van der Waals surface area contributed by atoms with E-state index in [0.717, 1.165) is 12.4 Å². The third-order valence-electron chi connectivity index (χ3n) is 0.830. The van der Waals surface area contributed by atoms with Gasteiger partial charge in [-0.15, -0.1) is 13.2 Å². The highest BCUT2D eigenvalue weighted by Crippen LogP contribution is 2.20. The van der Waals surface area contributed by atoms with Crippen LogP contribution in [-0.4, -0.2) is 16.3 Å². The fraction of sp³-hybridized carbons (Fsp3) is 0.200. The molecule has 12 heavy (non-hydrogen) atoms. The first-order chi connectivity index (χ1) is 5.47. The fourth-order valence-electron chi connectivity index (χ4n) is 0.487. The van der Waals surface area contributed by atoms with Crippen LogP contribution in [0.4, 0.5) is 13.2 Å². The molecule has 1 aromatic heterocycles. The van der Waals surface area contributed by atoms with Gasteiger partial charge in [0, 0.05) is 22.6 Å². The van der Waals surface area contributed by atoms with Crippen molar-refractivity contribution >= 4 is 22.6 Å². The molecule has 0 unspecified atom stereocenters. The second kappa shape index (κ2) is 3.42. The third-order valence-corrected chi connectivity index (χ3v) is 1.39. The Hall–Kier alpha value is -0.600. The second-order valence-electron chi connectivity index (χ2n) is 1.74. The minimum atomic E-state index is -4.68. The third kappa shape index (κ3) is 3.20. The van der Waals surface area contributed by atoms with Crippen molar-refractivity contribution in [2.45, 2.75) is 6.36 Å². The number of aromatic nitrogens is 2. The van der Waals surface area contributed by atoms with E-state index in [1.54, 1.807) is 22.6 Å². The maximum absolute atomic E-state index is 11.6. The lowest BCUT2D eigenvalue weighted by atomic mass is 10.6. The van der Waals surface area contributed by atoms with Crippen LogP contribution in [0.25, 0.3) is 0 Å². The average molecular weight is 290 g/mol. The van der Waals surface area contributed by atoms with E-state index >= 15 is 0 Å². The standard InChI is InChI=1S/C5H2F3IN2O/c6-5(7,8)12-3-1-10-4(9)11-2-3/h1-2H. The molecule has 3 nitrogen and oxygen atoms in total. The SMILES string of the molecule is FC(F)(F)Oc1cnc(I)nc1. The summed E-state index contributed by atoms with van der Waals surface area (Å²) in [6, 6.07) is 0. The van der Waals surface area contributed by atoms with E-state index in [0.29, 0.717) is 3.83 Å². The van der Waals surface area contributed by atoms with Crippen molar-refractivity contribution in [3.05, 3.63) is 16.2 Å². The van der Waals surface area contributed by atoms with Gasteiger partial charge in [0.15, 0.2) is 9.58 Å². The van der Waals surface area contributed by atoms with Gasteiger partial charge in [-0.2, -0.15) is 0 Å². The molecular formula is C5H2F3IN2O. The minimum absolute atomic E-state index is 0.363. The van der Waals surface area contributed by atoms with Gasteiger partial charge >= 0.3 is 6.36 Å². The minimum Gasteiger partial charge on any atom is -0.402 e. The zero-order valence-corrected chi connectivity index (χ0v) is 7.63. The zero-order chi connectivity index (χ0) is 9.19. The Bertz CT molecular complexity index is 260. The summed E-state index contributed by atoms with van der Waals surface area (Å²) in [4.78, 5) is 7.03. The quantitative estimate of drug-likeness (QED) is 0.586. The normalized spacial score (nSPS) is 11.3. The lowest BCUT2D eigenvalue weighted by molar-refractivity contribution is -0.274. The molecule has 66 valence electrons. The molecule has 1 rings (SSSR count). The Morgan fingerprint density at radius 2 is 1.75 bits per heavy atom. The number of alkyl halides is 3. The molecule has 0 aromatic carbocycles. The summed E-state index contributed by atoms with van der Waals surface area (Å²) in [5.41, 5.74) is 0. The molecule has 0 radical (unpaired) electrons. The zero-order valence-electron chi connectivity index (χ0n) is 5.47. The van der Waals surface area contributed by atoms with Crippen molar-refractivity contribution in [3.8, 4) is 5.75 Å². The van der Waals surface area contributed by atoms with Gasteiger partial charge < -0.3 is 4.74 Å². The van der Waals surface area contributed by atoms with Gasteiger partial charge in [-0.25, -0.2) is 9.97 Å². The molecule has 0 spiro atoms. The van der Waals surface area contributed by atoms with Crippen molar-refractivity contribution in [1.29, 1.82) is 0 Å². The number of halogens is 4. The number of rotatable bonds is 1. The van der Waals surface area contributed by atoms with Gasteiger partial charge in [0.2, 0.25) is 0 Å². The van der Waals surface area contributed by atoms with Gasteiger partial charge in [0.05, 0.1) is 12.4 Å². The van der Waals surface area contributed by atoms with Gasteiger partial charge in [-0.1, -0.05) is 0 Å². The summed E-state index contributed by atoms with van der Waals surface area (Å²) in [5.74, 6) is -0.414. The van der Waals surface area contributed by atoms with Crippen LogP contribution < -0.4 is 4.74 Å². The largest absolute Gasteiger partial charge is 0.573 e. The lowest BCUT2D eigenvalue weighted by Gasteiger charge is -2.06. The summed E-state index contributed by atoms with van der Waals surface area (Å²) >= 11 is 1.77. The molecular weight excluding hydrogens is 288 g/mol. The highest BCUT2D eigenvalue weighted by Gasteiger charge is 2.31. The second-order valence-corrected chi connectivity index (χ2v) is 2.70. The fourth-order valence-corrected chi connectivity index (χ4v) is 0.765. The molecule has 0 aliphatic rings. The first kappa shape index (κ1) is 9.49. The smallest absolute Gasteiger partial charge is 0.402 e. The maximum Gasteiger partial charge on any atom is 0.573 e. The van der Waals surface area contributed by atoms with Crippen LogP contribution >= 0.6 is 22.6 Å². The van der Waals surface area contributed by atoms with Gasteiger partial charge in [-0.05, 0) is 0 Å². The van der Waals surface area contributed by atoms with Crippen molar-refractivity contribution < 1.29 is 17.9 Å². The van der Waals surface area contributed by atoms with Crippen LogP contribution in [0.5, 0.6) is 5.75 Å². The highest BCUT2D eigenvalue weighted by atomic mass is 127. The summed E-state index contributed by atoms with van der Waals surface area (Å²) < 4.78 is 38.6. The van der Waals surface area contributed by atoms with E-state index in [1.165, 1.54) is 0 Å². The average Bonchev–Trinajstić information content (AvgIpc) is 1.91.